The lowest BCUT2D eigenvalue weighted by molar-refractivity contribution is 0.414. The Morgan fingerprint density at radius 3 is 2.59 bits per heavy atom. The van der Waals surface area contributed by atoms with Crippen LogP contribution in [0.5, 0.6) is 11.5 Å². The van der Waals surface area contributed by atoms with Gasteiger partial charge < -0.3 is 19.6 Å². The molecule has 32 heavy (non-hydrogen) atoms. The van der Waals surface area contributed by atoms with Crippen molar-refractivity contribution in [2.75, 3.05) is 12.4 Å². The van der Waals surface area contributed by atoms with E-state index in [9.17, 15) is 9.90 Å². The summed E-state index contributed by atoms with van der Waals surface area (Å²) in [7, 11) is 1.64. The van der Waals surface area contributed by atoms with Crippen LogP contribution in [0.1, 0.15) is 21.9 Å². The van der Waals surface area contributed by atoms with Crippen molar-refractivity contribution in [3.8, 4) is 11.5 Å². The van der Waals surface area contributed by atoms with Gasteiger partial charge in [0, 0.05) is 4.90 Å². The van der Waals surface area contributed by atoms with Crippen LogP contribution in [-0.2, 0) is 0 Å². The van der Waals surface area contributed by atoms with Crippen LogP contribution in [0.15, 0.2) is 86.9 Å². The van der Waals surface area contributed by atoms with E-state index in [0.717, 1.165) is 27.5 Å². The highest BCUT2D eigenvalue weighted by Gasteiger charge is 2.25. The first-order valence-corrected chi connectivity index (χ1v) is 11.1. The summed E-state index contributed by atoms with van der Waals surface area (Å²) in [4.78, 5) is 14.1. The highest BCUT2D eigenvalue weighted by molar-refractivity contribution is 7.99. The molecule has 5 rings (SSSR count). The number of para-hydroxylation sites is 2. The standard InChI is InChI=1S/C26H21NO4S/c1-15-6-5-7-18-24(28)23(26(29)31-25(15)18)20-14-22(16-10-12-17(30-2)13-11-16)32-21-9-4-3-8-19(21)27-20/h3-14,22,27-28H,1-2H3. The lowest BCUT2D eigenvalue weighted by atomic mass is 10.0. The van der Waals surface area contributed by atoms with E-state index in [4.69, 9.17) is 9.15 Å². The molecule has 160 valence electrons. The number of anilines is 1. The van der Waals surface area contributed by atoms with Crippen LogP contribution < -0.4 is 15.7 Å². The topological polar surface area (TPSA) is 71.7 Å². The number of hydrogen-bond donors (Lipinski definition) is 2. The van der Waals surface area contributed by atoms with E-state index in [-0.39, 0.29) is 16.6 Å². The second kappa shape index (κ2) is 8.13. The second-order valence-corrected chi connectivity index (χ2v) is 8.76. The van der Waals surface area contributed by atoms with Crippen LogP contribution in [0, 0.1) is 6.92 Å². The molecule has 0 bridgehead atoms. The molecule has 3 aromatic carbocycles. The van der Waals surface area contributed by atoms with Gasteiger partial charge in [-0.15, -0.1) is 11.8 Å². The van der Waals surface area contributed by atoms with E-state index in [1.165, 1.54) is 0 Å². The molecule has 2 heterocycles. The molecule has 2 N–H and O–H groups in total. The molecule has 0 aliphatic carbocycles. The average Bonchev–Trinajstić information content (AvgIpc) is 2.99. The van der Waals surface area contributed by atoms with Gasteiger partial charge in [0.1, 0.15) is 22.6 Å². The van der Waals surface area contributed by atoms with Crippen LogP contribution in [0.3, 0.4) is 0 Å². The van der Waals surface area contributed by atoms with Crippen molar-refractivity contribution in [2.24, 2.45) is 0 Å². The molecule has 1 aromatic heterocycles. The van der Waals surface area contributed by atoms with Gasteiger partial charge in [0.2, 0.25) is 0 Å². The summed E-state index contributed by atoms with van der Waals surface area (Å²) in [5.74, 6) is 0.690. The van der Waals surface area contributed by atoms with Crippen LogP contribution in [0.25, 0.3) is 16.7 Å². The average molecular weight is 444 g/mol. The normalized spacial score (nSPS) is 15.4. The van der Waals surface area contributed by atoms with E-state index in [1.807, 2.05) is 73.7 Å². The number of aryl methyl sites for hydroxylation is 1. The van der Waals surface area contributed by atoms with Crippen LogP contribution in [0.4, 0.5) is 5.69 Å². The molecule has 0 saturated carbocycles. The predicted octanol–water partition coefficient (Wildman–Crippen LogP) is 6.12. The lowest BCUT2D eigenvalue weighted by Crippen LogP contribution is -2.12. The van der Waals surface area contributed by atoms with Gasteiger partial charge in [0.25, 0.3) is 0 Å². The van der Waals surface area contributed by atoms with Gasteiger partial charge in [-0.1, -0.05) is 36.4 Å². The van der Waals surface area contributed by atoms with Crippen molar-refractivity contribution in [1.82, 2.24) is 0 Å². The van der Waals surface area contributed by atoms with E-state index in [2.05, 4.69) is 5.32 Å². The van der Waals surface area contributed by atoms with E-state index >= 15 is 0 Å². The number of fused-ring (bicyclic) bond motifs is 2. The maximum Gasteiger partial charge on any atom is 0.349 e. The molecule has 6 heteroatoms. The van der Waals surface area contributed by atoms with Crippen molar-refractivity contribution in [3.63, 3.8) is 0 Å². The predicted molar refractivity (Wildman–Crippen MR) is 129 cm³/mol. The molecule has 4 aromatic rings. The van der Waals surface area contributed by atoms with E-state index in [1.54, 1.807) is 24.9 Å². The number of benzene rings is 3. The van der Waals surface area contributed by atoms with Gasteiger partial charge in [0.15, 0.2) is 0 Å². The number of nitrogens with one attached hydrogen (secondary N) is 1. The quantitative estimate of drug-likeness (QED) is 0.372. The largest absolute Gasteiger partial charge is 0.506 e. The molecule has 1 aliphatic rings. The summed E-state index contributed by atoms with van der Waals surface area (Å²) in [6.45, 7) is 1.85. The zero-order valence-corrected chi connectivity index (χ0v) is 18.4. The minimum absolute atomic E-state index is 0.0865. The van der Waals surface area contributed by atoms with Crippen molar-refractivity contribution < 1.29 is 14.3 Å². The highest BCUT2D eigenvalue weighted by atomic mass is 32.2. The van der Waals surface area contributed by atoms with Gasteiger partial charge in [-0.3, -0.25) is 0 Å². The summed E-state index contributed by atoms with van der Waals surface area (Å²) >= 11 is 1.67. The van der Waals surface area contributed by atoms with Gasteiger partial charge in [-0.25, -0.2) is 4.79 Å². The summed E-state index contributed by atoms with van der Waals surface area (Å²) in [6.07, 6.45) is 1.96. The Labute approximate surface area is 189 Å². The van der Waals surface area contributed by atoms with Crippen molar-refractivity contribution in [1.29, 1.82) is 0 Å². The summed E-state index contributed by atoms with van der Waals surface area (Å²) in [6, 6.07) is 21.2. The first kappa shape index (κ1) is 20.3. The Morgan fingerprint density at radius 1 is 1.03 bits per heavy atom. The van der Waals surface area contributed by atoms with E-state index in [0.29, 0.717) is 16.7 Å². The Kier molecular flexibility index (Phi) is 5.15. The molecule has 0 radical (unpaired) electrons. The van der Waals surface area contributed by atoms with Crippen molar-refractivity contribution in [3.05, 3.63) is 99.9 Å². The number of thioether (sulfide) groups is 1. The third kappa shape index (κ3) is 3.52. The van der Waals surface area contributed by atoms with Crippen LogP contribution in [0.2, 0.25) is 0 Å². The number of ether oxygens (including phenoxy) is 1. The Hall–Kier alpha value is -3.64. The van der Waals surface area contributed by atoms with Gasteiger partial charge >= 0.3 is 5.63 Å². The molecule has 0 saturated heterocycles. The number of methoxy groups -OCH3 is 1. The molecule has 1 atom stereocenters. The van der Waals surface area contributed by atoms with Gasteiger partial charge in [-0.05, 0) is 54.5 Å². The smallest absolute Gasteiger partial charge is 0.349 e. The maximum atomic E-state index is 13.0. The SMILES string of the molecule is COc1ccc(C2C=C(c3c(O)c4cccc(C)c4oc3=O)Nc3ccccc3S2)cc1. The first-order valence-electron chi connectivity index (χ1n) is 10.2. The zero-order valence-electron chi connectivity index (χ0n) is 17.6. The molecule has 0 spiro atoms. The fourth-order valence-electron chi connectivity index (χ4n) is 3.87. The Morgan fingerprint density at radius 2 is 1.81 bits per heavy atom. The number of rotatable bonds is 3. The molecular weight excluding hydrogens is 422 g/mol. The van der Waals surface area contributed by atoms with Crippen molar-refractivity contribution in [2.45, 2.75) is 17.1 Å². The van der Waals surface area contributed by atoms with Crippen LogP contribution >= 0.6 is 11.8 Å². The minimum Gasteiger partial charge on any atom is -0.506 e. The molecular formula is C26H21NO4S. The fourth-order valence-corrected chi connectivity index (χ4v) is 5.05. The molecule has 0 amide bonds. The maximum absolute atomic E-state index is 13.0. The van der Waals surface area contributed by atoms with Gasteiger partial charge in [0.05, 0.1) is 29.1 Å². The lowest BCUT2D eigenvalue weighted by Gasteiger charge is -2.14. The Bertz CT molecular complexity index is 1410. The molecule has 1 aliphatic heterocycles. The first-order chi connectivity index (χ1) is 15.5. The van der Waals surface area contributed by atoms with Gasteiger partial charge in [-0.2, -0.15) is 0 Å². The third-order valence-corrected chi connectivity index (χ3v) is 6.82. The number of hydrogen-bond acceptors (Lipinski definition) is 6. The minimum atomic E-state index is -0.582. The van der Waals surface area contributed by atoms with Crippen LogP contribution in [-0.4, -0.2) is 12.2 Å². The second-order valence-electron chi connectivity index (χ2n) is 7.58. The summed E-state index contributed by atoms with van der Waals surface area (Å²) in [5, 5.41) is 14.9. The molecule has 1 unspecified atom stereocenters. The summed E-state index contributed by atoms with van der Waals surface area (Å²) < 4.78 is 10.9. The monoisotopic (exact) mass is 443 g/mol. The highest BCUT2D eigenvalue weighted by Crippen LogP contribution is 2.45. The van der Waals surface area contributed by atoms with Crippen molar-refractivity contribution >= 4 is 34.1 Å². The zero-order chi connectivity index (χ0) is 22.2. The molecule has 5 nitrogen and oxygen atoms in total. The summed E-state index contributed by atoms with van der Waals surface area (Å²) in [5.41, 5.74) is 3.16. The number of aromatic hydroxyl groups is 1. The Balaban J connectivity index is 1.71. The molecule has 0 fully saturated rings. The fraction of sp³-hybridized carbons (Fsp3) is 0.115. The third-order valence-electron chi connectivity index (χ3n) is 5.54. The van der Waals surface area contributed by atoms with E-state index < -0.39 is 5.63 Å².